The molecular weight excluding hydrogens is 251 g/mol. The topological polar surface area (TPSA) is 20.3 Å². The molecule has 0 aliphatic heterocycles. The summed E-state index contributed by atoms with van der Waals surface area (Å²) in [7, 11) is 0. The van der Waals surface area contributed by atoms with Gasteiger partial charge in [0.05, 0.1) is 4.83 Å². The van der Waals surface area contributed by atoms with Crippen molar-refractivity contribution >= 4 is 21.8 Å². The number of halogens is 4. The first kappa shape index (κ1) is 12.7. The van der Waals surface area contributed by atoms with Crippen molar-refractivity contribution in [3.8, 4) is 0 Å². The zero-order chi connectivity index (χ0) is 10.6. The minimum absolute atomic E-state index is 0.0638. The Kier molecular flexibility index (Phi) is 4.74. The normalized spacial score (nSPS) is 14.0. The molecule has 1 atom stereocenters. The van der Waals surface area contributed by atoms with Crippen LogP contribution in [0.2, 0.25) is 0 Å². The third kappa shape index (κ3) is 5.13. The van der Waals surface area contributed by atoms with Crippen LogP contribution in [-0.4, -0.2) is 34.9 Å². The molecule has 0 N–H and O–H groups in total. The third-order valence-electron chi connectivity index (χ3n) is 1.40. The van der Waals surface area contributed by atoms with E-state index in [1.807, 2.05) is 0 Å². The molecule has 0 aliphatic rings. The first-order valence-electron chi connectivity index (χ1n) is 3.77. The van der Waals surface area contributed by atoms with Gasteiger partial charge in [-0.3, -0.25) is 4.79 Å². The van der Waals surface area contributed by atoms with Crippen LogP contribution in [0.1, 0.15) is 13.8 Å². The second kappa shape index (κ2) is 4.83. The van der Waals surface area contributed by atoms with Crippen LogP contribution < -0.4 is 0 Å². The third-order valence-corrected chi connectivity index (χ3v) is 1.80. The number of amides is 1. The van der Waals surface area contributed by atoms with Crippen molar-refractivity contribution in [3.63, 3.8) is 0 Å². The molecule has 78 valence electrons. The number of hydrogen-bond acceptors (Lipinski definition) is 1. The van der Waals surface area contributed by atoms with Crippen molar-refractivity contribution in [1.82, 2.24) is 4.90 Å². The summed E-state index contributed by atoms with van der Waals surface area (Å²) < 4.78 is 35.7. The van der Waals surface area contributed by atoms with Crippen LogP contribution >= 0.6 is 15.9 Å². The lowest BCUT2D eigenvalue weighted by atomic mass is 10.3. The second-order valence-electron chi connectivity index (χ2n) is 2.58. The van der Waals surface area contributed by atoms with Crippen LogP contribution in [-0.2, 0) is 4.79 Å². The van der Waals surface area contributed by atoms with E-state index in [2.05, 4.69) is 15.9 Å². The Balaban J connectivity index is 4.27. The number of rotatable bonds is 3. The standard InChI is InChI=1S/C7H11BrF3NO/c1-3-12(4-7(9,10)11)6(13)5(2)8/h5H,3-4H2,1-2H3. The molecule has 0 aromatic rings. The Bertz CT molecular complexity index is 181. The Morgan fingerprint density at radius 1 is 1.54 bits per heavy atom. The molecule has 2 nitrogen and oxygen atoms in total. The molecule has 0 radical (unpaired) electrons. The van der Waals surface area contributed by atoms with Crippen molar-refractivity contribution in [1.29, 1.82) is 0 Å². The minimum Gasteiger partial charge on any atom is -0.333 e. The molecule has 0 bridgehead atoms. The number of nitrogens with zero attached hydrogens (tertiary/aromatic N) is 1. The smallest absolute Gasteiger partial charge is 0.333 e. The van der Waals surface area contributed by atoms with Gasteiger partial charge in [0.15, 0.2) is 0 Å². The van der Waals surface area contributed by atoms with Gasteiger partial charge in [0.1, 0.15) is 6.54 Å². The lowest BCUT2D eigenvalue weighted by Crippen LogP contribution is -2.41. The Morgan fingerprint density at radius 3 is 2.23 bits per heavy atom. The second-order valence-corrected chi connectivity index (χ2v) is 3.96. The van der Waals surface area contributed by atoms with Gasteiger partial charge in [0, 0.05) is 6.54 Å². The van der Waals surface area contributed by atoms with E-state index in [4.69, 9.17) is 0 Å². The van der Waals surface area contributed by atoms with E-state index >= 15 is 0 Å². The molecule has 0 aliphatic carbocycles. The van der Waals surface area contributed by atoms with Gasteiger partial charge < -0.3 is 4.90 Å². The molecule has 0 saturated heterocycles. The predicted octanol–water partition coefficient (Wildman–Crippen LogP) is 2.18. The van der Waals surface area contributed by atoms with E-state index in [9.17, 15) is 18.0 Å². The molecule has 0 aromatic carbocycles. The minimum atomic E-state index is -4.33. The summed E-state index contributed by atoms with van der Waals surface area (Å²) in [5.41, 5.74) is 0. The van der Waals surface area contributed by atoms with Gasteiger partial charge in [-0.25, -0.2) is 0 Å². The number of alkyl halides is 4. The van der Waals surface area contributed by atoms with Crippen LogP contribution in [0.15, 0.2) is 0 Å². The first-order chi connectivity index (χ1) is 5.78. The Morgan fingerprint density at radius 2 is 2.00 bits per heavy atom. The van der Waals surface area contributed by atoms with Gasteiger partial charge in [-0.05, 0) is 13.8 Å². The van der Waals surface area contributed by atoms with E-state index in [0.717, 1.165) is 4.90 Å². The molecule has 6 heteroatoms. The summed E-state index contributed by atoms with van der Waals surface area (Å²) in [5, 5.41) is 0. The first-order valence-corrected chi connectivity index (χ1v) is 4.69. The summed E-state index contributed by atoms with van der Waals surface area (Å²) in [6.45, 7) is 1.90. The van der Waals surface area contributed by atoms with Crippen LogP contribution in [0, 0.1) is 0 Å². The maximum absolute atomic E-state index is 11.9. The Labute approximate surface area is 83.2 Å². The largest absolute Gasteiger partial charge is 0.406 e. The van der Waals surface area contributed by atoms with Crippen LogP contribution in [0.5, 0.6) is 0 Å². The van der Waals surface area contributed by atoms with Crippen LogP contribution in [0.3, 0.4) is 0 Å². The average molecular weight is 262 g/mol. The number of hydrogen-bond donors (Lipinski definition) is 0. The zero-order valence-electron chi connectivity index (χ0n) is 7.36. The van der Waals surface area contributed by atoms with Crippen molar-refractivity contribution in [2.75, 3.05) is 13.1 Å². The van der Waals surface area contributed by atoms with Gasteiger partial charge in [-0.1, -0.05) is 15.9 Å². The highest BCUT2D eigenvalue weighted by molar-refractivity contribution is 9.10. The van der Waals surface area contributed by atoms with E-state index in [-0.39, 0.29) is 6.54 Å². The molecule has 1 unspecified atom stereocenters. The Hall–Kier alpha value is -0.260. The maximum atomic E-state index is 11.9. The fourth-order valence-electron chi connectivity index (χ4n) is 0.814. The van der Waals surface area contributed by atoms with Crippen molar-refractivity contribution in [2.45, 2.75) is 24.9 Å². The number of carbonyl (C=O) groups is 1. The van der Waals surface area contributed by atoms with Gasteiger partial charge in [0.2, 0.25) is 5.91 Å². The van der Waals surface area contributed by atoms with Gasteiger partial charge in [0.25, 0.3) is 0 Å². The highest BCUT2D eigenvalue weighted by atomic mass is 79.9. The molecule has 1 amide bonds. The quantitative estimate of drug-likeness (QED) is 0.714. The van der Waals surface area contributed by atoms with Crippen LogP contribution in [0.4, 0.5) is 13.2 Å². The predicted molar refractivity (Wildman–Crippen MR) is 46.7 cm³/mol. The molecule has 0 heterocycles. The van der Waals surface area contributed by atoms with Crippen molar-refractivity contribution in [3.05, 3.63) is 0 Å². The average Bonchev–Trinajstić information content (AvgIpc) is 1.97. The zero-order valence-corrected chi connectivity index (χ0v) is 8.94. The summed E-state index contributed by atoms with van der Waals surface area (Å²) >= 11 is 2.93. The lowest BCUT2D eigenvalue weighted by molar-refractivity contribution is -0.160. The summed E-state index contributed by atoms with van der Waals surface area (Å²) in [4.78, 5) is 11.3. The van der Waals surface area contributed by atoms with Crippen LogP contribution in [0.25, 0.3) is 0 Å². The molecule has 0 aromatic heterocycles. The van der Waals surface area contributed by atoms with Crippen molar-refractivity contribution in [2.24, 2.45) is 0 Å². The van der Waals surface area contributed by atoms with Gasteiger partial charge in [-0.2, -0.15) is 13.2 Å². The van der Waals surface area contributed by atoms with Crippen molar-refractivity contribution < 1.29 is 18.0 Å². The number of carbonyl (C=O) groups excluding carboxylic acids is 1. The molecule has 0 spiro atoms. The summed E-state index contributed by atoms with van der Waals surface area (Å²) in [6.07, 6.45) is -4.33. The van der Waals surface area contributed by atoms with E-state index in [1.54, 1.807) is 0 Å². The fraction of sp³-hybridized carbons (Fsp3) is 0.857. The summed E-state index contributed by atoms with van der Waals surface area (Å²) in [5.74, 6) is -0.542. The molecule has 0 fully saturated rings. The maximum Gasteiger partial charge on any atom is 0.406 e. The molecule has 13 heavy (non-hydrogen) atoms. The molecule has 0 saturated carbocycles. The summed E-state index contributed by atoms with van der Waals surface area (Å²) in [6, 6.07) is 0. The molecule has 0 rings (SSSR count). The fourth-order valence-corrected chi connectivity index (χ4v) is 1.10. The monoisotopic (exact) mass is 261 g/mol. The van der Waals surface area contributed by atoms with E-state index < -0.39 is 23.5 Å². The van der Waals surface area contributed by atoms with E-state index in [1.165, 1.54) is 13.8 Å². The lowest BCUT2D eigenvalue weighted by Gasteiger charge is -2.23. The highest BCUT2D eigenvalue weighted by Crippen LogP contribution is 2.17. The van der Waals surface area contributed by atoms with E-state index in [0.29, 0.717) is 0 Å². The molecular formula is C7H11BrF3NO. The SMILES string of the molecule is CCN(CC(F)(F)F)C(=O)C(C)Br. The van der Waals surface area contributed by atoms with Gasteiger partial charge in [-0.15, -0.1) is 0 Å². The highest BCUT2D eigenvalue weighted by Gasteiger charge is 2.33. The van der Waals surface area contributed by atoms with Gasteiger partial charge >= 0.3 is 6.18 Å².